The monoisotopic (exact) mass is 417 g/mol. The van der Waals surface area contributed by atoms with Gasteiger partial charge in [0.15, 0.2) is 0 Å². The second kappa shape index (κ2) is 9.64. The van der Waals surface area contributed by atoms with Crippen LogP contribution in [0.2, 0.25) is 0 Å². The van der Waals surface area contributed by atoms with Crippen molar-refractivity contribution in [1.29, 1.82) is 0 Å². The summed E-state index contributed by atoms with van der Waals surface area (Å²) in [6, 6.07) is 10.2. The van der Waals surface area contributed by atoms with E-state index in [4.69, 9.17) is 4.74 Å². The van der Waals surface area contributed by atoms with Crippen molar-refractivity contribution in [3.8, 4) is 5.75 Å². The first-order valence-electron chi connectivity index (χ1n) is 9.62. The number of hydrazine groups is 1. The normalized spacial score (nSPS) is 19.1. The summed E-state index contributed by atoms with van der Waals surface area (Å²) in [4.78, 5) is 16.6. The summed E-state index contributed by atoms with van der Waals surface area (Å²) < 4.78 is 32.3. The predicted octanol–water partition coefficient (Wildman–Crippen LogP) is 2.62. The van der Waals surface area contributed by atoms with Crippen LogP contribution < -0.4 is 26.2 Å². The van der Waals surface area contributed by atoms with Crippen LogP contribution in [0.25, 0.3) is 0 Å². The largest absolute Gasteiger partial charge is 0.497 e. The third-order valence-corrected chi connectivity index (χ3v) is 4.53. The van der Waals surface area contributed by atoms with E-state index in [1.165, 1.54) is 31.4 Å². The third-order valence-electron chi connectivity index (χ3n) is 4.53. The minimum absolute atomic E-state index is 0.00739. The fraction of sp³-hybridized carbons (Fsp3) is 0.333. The molecular formula is C21H25F2N5O2. The van der Waals surface area contributed by atoms with Gasteiger partial charge in [0.25, 0.3) is 5.91 Å². The number of benzene rings is 2. The molecule has 9 heteroatoms. The van der Waals surface area contributed by atoms with Crippen molar-refractivity contribution in [3.63, 3.8) is 0 Å². The second-order valence-corrected chi connectivity index (χ2v) is 7.24. The number of rotatable bonds is 5. The number of nitrogens with one attached hydrogen (secondary N) is 4. The minimum Gasteiger partial charge on any atom is -0.497 e. The summed E-state index contributed by atoms with van der Waals surface area (Å²) >= 11 is 0. The van der Waals surface area contributed by atoms with Gasteiger partial charge in [0, 0.05) is 24.6 Å². The Morgan fingerprint density at radius 1 is 1.17 bits per heavy atom. The number of carbonyl (C=O) groups excluding carboxylic acids is 1. The Kier molecular flexibility index (Phi) is 6.96. The molecule has 4 N–H and O–H groups in total. The van der Waals surface area contributed by atoms with E-state index < -0.39 is 11.7 Å². The lowest BCUT2D eigenvalue weighted by Crippen LogP contribution is -2.51. The number of hydrogen-bond acceptors (Lipinski definition) is 4. The first-order chi connectivity index (χ1) is 14.4. The zero-order chi connectivity index (χ0) is 21.7. The number of hydrogen-bond donors (Lipinski definition) is 4. The Morgan fingerprint density at radius 2 is 1.90 bits per heavy atom. The summed E-state index contributed by atoms with van der Waals surface area (Å²) in [5.41, 5.74) is 7.00. The van der Waals surface area contributed by atoms with Gasteiger partial charge in [0.2, 0.25) is 5.96 Å². The van der Waals surface area contributed by atoms with Crippen LogP contribution in [-0.4, -0.2) is 31.2 Å². The Balaban J connectivity index is 1.71. The van der Waals surface area contributed by atoms with Crippen LogP contribution in [0.1, 0.15) is 42.2 Å². The van der Waals surface area contributed by atoms with E-state index in [9.17, 15) is 13.6 Å². The highest BCUT2D eigenvalue weighted by molar-refractivity contribution is 6.03. The standard InChI is InChI=1S/C21H25F2N5O2/c1-12(2)24-21(26-20(29)16-9-8-15(30-3)10-17(16)23)25-19-11-18(27-28-19)13-4-6-14(22)7-5-13/h4-10,12,18-19,27-28H,11H2,1-3H3,(H2,24,25,26,29). The van der Waals surface area contributed by atoms with E-state index >= 15 is 0 Å². The zero-order valence-corrected chi connectivity index (χ0v) is 17.0. The highest BCUT2D eigenvalue weighted by Gasteiger charge is 2.26. The molecule has 1 aliphatic heterocycles. The number of carbonyl (C=O) groups is 1. The minimum atomic E-state index is -0.716. The van der Waals surface area contributed by atoms with Crippen LogP contribution in [0.3, 0.4) is 0 Å². The van der Waals surface area contributed by atoms with Crippen molar-refractivity contribution in [2.45, 2.75) is 38.5 Å². The van der Waals surface area contributed by atoms with Gasteiger partial charge in [0.05, 0.1) is 18.8 Å². The van der Waals surface area contributed by atoms with Gasteiger partial charge in [-0.2, -0.15) is 4.99 Å². The maximum Gasteiger partial charge on any atom is 0.283 e. The molecule has 160 valence electrons. The molecule has 1 saturated heterocycles. The van der Waals surface area contributed by atoms with Gasteiger partial charge in [-0.15, -0.1) is 0 Å². The van der Waals surface area contributed by atoms with E-state index in [0.29, 0.717) is 12.2 Å². The fourth-order valence-electron chi connectivity index (χ4n) is 3.07. The van der Waals surface area contributed by atoms with E-state index in [0.717, 1.165) is 11.6 Å². The number of ether oxygens (including phenoxy) is 1. The molecule has 2 aromatic rings. The van der Waals surface area contributed by atoms with E-state index in [-0.39, 0.29) is 35.6 Å². The summed E-state index contributed by atoms with van der Waals surface area (Å²) in [5, 5.41) is 6.19. The van der Waals surface area contributed by atoms with Crippen LogP contribution in [0.15, 0.2) is 47.5 Å². The molecule has 0 aromatic heterocycles. The van der Waals surface area contributed by atoms with Crippen molar-refractivity contribution in [2.24, 2.45) is 4.99 Å². The van der Waals surface area contributed by atoms with Crippen LogP contribution >= 0.6 is 0 Å². The van der Waals surface area contributed by atoms with Crippen molar-refractivity contribution in [1.82, 2.24) is 21.5 Å². The molecule has 30 heavy (non-hydrogen) atoms. The lowest BCUT2D eigenvalue weighted by molar-refractivity contribution is 0.0998. The molecule has 2 unspecified atom stereocenters. The Labute approximate surface area is 173 Å². The van der Waals surface area contributed by atoms with Gasteiger partial charge in [-0.05, 0) is 43.7 Å². The smallest absolute Gasteiger partial charge is 0.283 e. The zero-order valence-electron chi connectivity index (χ0n) is 17.0. The first-order valence-corrected chi connectivity index (χ1v) is 9.62. The molecule has 3 rings (SSSR count). The molecule has 1 aliphatic rings. The average molecular weight is 417 g/mol. The maximum atomic E-state index is 14.2. The number of guanidine groups is 1. The molecule has 0 aliphatic carbocycles. The first kappa shape index (κ1) is 21.7. The number of halogens is 2. The number of methoxy groups -OCH3 is 1. The molecule has 1 amide bonds. The van der Waals surface area contributed by atoms with Crippen LogP contribution in [-0.2, 0) is 0 Å². The fourth-order valence-corrected chi connectivity index (χ4v) is 3.07. The van der Waals surface area contributed by atoms with Crippen LogP contribution in [0.4, 0.5) is 8.78 Å². The quantitative estimate of drug-likeness (QED) is 0.442. The van der Waals surface area contributed by atoms with Crippen molar-refractivity contribution in [2.75, 3.05) is 7.11 Å². The van der Waals surface area contributed by atoms with Gasteiger partial charge < -0.3 is 15.4 Å². The van der Waals surface area contributed by atoms with Gasteiger partial charge >= 0.3 is 0 Å². The Morgan fingerprint density at radius 3 is 2.53 bits per heavy atom. The van der Waals surface area contributed by atoms with E-state index in [1.807, 2.05) is 13.8 Å². The van der Waals surface area contributed by atoms with Crippen molar-refractivity contribution < 1.29 is 18.3 Å². The van der Waals surface area contributed by atoms with Crippen molar-refractivity contribution in [3.05, 3.63) is 65.2 Å². The average Bonchev–Trinajstić information content (AvgIpc) is 3.16. The molecule has 1 heterocycles. The Hall–Kier alpha value is -3.04. The highest BCUT2D eigenvalue weighted by Crippen LogP contribution is 2.21. The topological polar surface area (TPSA) is 86.8 Å². The van der Waals surface area contributed by atoms with Gasteiger partial charge in [-0.25, -0.2) is 19.6 Å². The van der Waals surface area contributed by atoms with E-state index in [1.54, 1.807) is 12.1 Å². The molecule has 0 bridgehead atoms. The van der Waals surface area contributed by atoms with Gasteiger partial charge in [-0.3, -0.25) is 4.79 Å². The molecule has 1 fully saturated rings. The summed E-state index contributed by atoms with van der Waals surface area (Å²) in [6.07, 6.45) is 0.369. The maximum absolute atomic E-state index is 14.2. The van der Waals surface area contributed by atoms with E-state index in [2.05, 4.69) is 26.5 Å². The molecule has 7 nitrogen and oxygen atoms in total. The lowest BCUT2D eigenvalue weighted by atomic mass is 10.0. The molecular weight excluding hydrogens is 392 g/mol. The second-order valence-electron chi connectivity index (χ2n) is 7.24. The number of amides is 1. The number of aliphatic imine (C=N–C) groups is 1. The van der Waals surface area contributed by atoms with Gasteiger partial charge in [-0.1, -0.05) is 12.1 Å². The highest BCUT2D eigenvalue weighted by atomic mass is 19.1. The summed E-state index contributed by atoms with van der Waals surface area (Å²) in [7, 11) is 1.42. The third kappa shape index (κ3) is 5.52. The van der Waals surface area contributed by atoms with Crippen LogP contribution in [0.5, 0.6) is 5.75 Å². The SMILES string of the molecule is COc1ccc(C(=O)/N=C(/NC(C)C)NC2CC(c3ccc(F)cc3)NN2)c(F)c1. The van der Waals surface area contributed by atoms with Crippen LogP contribution in [0, 0.1) is 11.6 Å². The number of nitrogens with zero attached hydrogens (tertiary/aromatic N) is 1. The Bertz CT molecular complexity index is 918. The molecule has 2 atom stereocenters. The summed E-state index contributed by atoms with van der Waals surface area (Å²) in [6.45, 7) is 3.80. The lowest BCUT2D eigenvalue weighted by Gasteiger charge is -2.19. The molecule has 0 radical (unpaired) electrons. The van der Waals surface area contributed by atoms with Crippen molar-refractivity contribution >= 4 is 11.9 Å². The summed E-state index contributed by atoms with van der Waals surface area (Å²) in [5.74, 6) is -1.17. The molecule has 0 spiro atoms. The molecule has 2 aromatic carbocycles. The predicted molar refractivity (Wildman–Crippen MR) is 110 cm³/mol. The van der Waals surface area contributed by atoms with Gasteiger partial charge in [0.1, 0.15) is 17.4 Å². The molecule has 0 saturated carbocycles.